The summed E-state index contributed by atoms with van der Waals surface area (Å²) in [4.78, 5) is 20.3. The molecule has 0 unspecified atom stereocenters. The number of aromatic nitrogens is 5. The van der Waals surface area contributed by atoms with Crippen LogP contribution < -0.4 is 0 Å². The Morgan fingerprint density at radius 1 is 0.510 bits per heavy atom. The van der Waals surface area contributed by atoms with Crippen LogP contribution in [0.5, 0.6) is 0 Å². The second-order valence-electron chi connectivity index (χ2n) is 13.2. The lowest BCUT2D eigenvalue weighted by Crippen LogP contribution is -2.15. The molecule has 6 nitrogen and oxygen atoms in total. The van der Waals surface area contributed by atoms with Crippen LogP contribution in [0, 0.1) is 0 Å². The van der Waals surface area contributed by atoms with Crippen LogP contribution in [0.2, 0.25) is 0 Å². The van der Waals surface area contributed by atoms with E-state index in [4.69, 9.17) is 24.4 Å². The molecule has 232 valence electrons. The van der Waals surface area contributed by atoms with E-state index in [0.29, 0.717) is 23.5 Å². The molecule has 0 spiro atoms. The number of benzene rings is 6. The summed E-state index contributed by atoms with van der Waals surface area (Å²) in [5.74, 6) is 2.37. The van der Waals surface area contributed by atoms with Gasteiger partial charge in [-0.25, -0.2) is 9.97 Å². The summed E-state index contributed by atoms with van der Waals surface area (Å²) in [6, 6.07) is 47.9. The third kappa shape index (κ3) is 4.20. The zero-order chi connectivity index (χ0) is 32.7. The Morgan fingerprint density at radius 2 is 1.08 bits per heavy atom. The molecular formula is C43H29N5O. The van der Waals surface area contributed by atoms with Crippen molar-refractivity contribution in [1.29, 1.82) is 0 Å². The predicted molar refractivity (Wildman–Crippen MR) is 196 cm³/mol. The number of hydrogen-bond donors (Lipinski definition) is 0. The van der Waals surface area contributed by atoms with Gasteiger partial charge in [0.25, 0.3) is 0 Å². The largest absolute Gasteiger partial charge is 0.436 e. The van der Waals surface area contributed by atoms with Crippen molar-refractivity contribution in [2.45, 2.75) is 19.3 Å². The fourth-order valence-electron chi connectivity index (χ4n) is 7.45. The minimum absolute atomic E-state index is 0.176. The van der Waals surface area contributed by atoms with E-state index < -0.39 is 0 Å². The lowest BCUT2D eigenvalue weighted by atomic mass is 9.82. The first-order valence-corrected chi connectivity index (χ1v) is 16.5. The summed E-state index contributed by atoms with van der Waals surface area (Å²) in [6.07, 6.45) is 0. The average molecular weight is 632 g/mol. The highest BCUT2D eigenvalue weighted by Gasteiger charge is 2.36. The Kier molecular flexibility index (Phi) is 5.82. The second kappa shape index (κ2) is 10.3. The fourth-order valence-corrected chi connectivity index (χ4v) is 7.45. The van der Waals surface area contributed by atoms with Crippen molar-refractivity contribution >= 4 is 32.9 Å². The number of oxazole rings is 1. The third-order valence-electron chi connectivity index (χ3n) is 9.89. The highest BCUT2D eigenvalue weighted by molar-refractivity contribution is 6.14. The number of nitrogens with zero attached hydrogens (tertiary/aromatic N) is 5. The van der Waals surface area contributed by atoms with Crippen LogP contribution in [0.25, 0.3) is 84.2 Å². The summed E-state index contributed by atoms with van der Waals surface area (Å²) in [5.41, 5.74) is 11.2. The van der Waals surface area contributed by atoms with E-state index in [2.05, 4.69) is 66.9 Å². The quantitative estimate of drug-likeness (QED) is 0.193. The molecule has 0 saturated carbocycles. The van der Waals surface area contributed by atoms with Crippen molar-refractivity contribution < 1.29 is 4.42 Å². The van der Waals surface area contributed by atoms with Crippen LogP contribution in [0.15, 0.2) is 144 Å². The van der Waals surface area contributed by atoms with E-state index in [1.165, 1.54) is 22.3 Å². The van der Waals surface area contributed by atoms with Gasteiger partial charge in [0.05, 0.1) is 11.0 Å². The first kappa shape index (κ1) is 27.7. The zero-order valence-corrected chi connectivity index (χ0v) is 26.9. The van der Waals surface area contributed by atoms with Gasteiger partial charge in [-0.2, -0.15) is 9.97 Å². The molecule has 6 aromatic carbocycles. The molecule has 0 atom stereocenters. The van der Waals surface area contributed by atoms with E-state index in [1.807, 2.05) is 91.0 Å². The Labute approximate surface area is 282 Å². The van der Waals surface area contributed by atoms with Gasteiger partial charge in [0.1, 0.15) is 5.52 Å². The molecule has 10 rings (SSSR count). The Hall–Kier alpha value is -6.40. The van der Waals surface area contributed by atoms with Crippen molar-refractivity contribution in [3.8, 4) is 51.3 Å². The molecule has 3 heterocycles. The molecule has 6 heteroatoms. The van der Waals surface area contributed by atoms with Gasteiger partial charge in [0, 0.05) is 32.9 Å². The van der Waals surface area contributed by atoms with Gasteiger partial charge in [-0.15, -0.1) is 0 Å². The Morgan fingerprint density at radius 3 is 1.76 bits per heavy atom. The lowest BCUT2D eigenvalue weighted by Gasteiger charge is -2.21. The monoisotopic (exact) mass is 631 g/mol. The van der Waals surface area contributed by atoms with E-state index in [1.54, 1.807) is 0 Å². The minimum atomic E-state index is -0.176. The highest BCUT2D eigenvalue weighted by atomic mass is 16.3. The number of fused-ring (bicyclic) bond motifs is 7. The molecule has 0 fully saturated rings. The number of rotatable bonds is 4. The normalized spacial score (nSPS) is 13.3. The van der Waals surface area contributed by atoms with Crippen molar-refractivity contribution in [2.24, 2.45) is 0 Å². The van der Waals surface area contributed by atoms with Gasteiger partial charge in [-0.3, -0.25) is 4.57 Å². The summed E-state index contributed by atoms with van der Waals surface area (Å²) >= 11 is 0. The lowest BCUT2D eigenvalue weighted by molar-refractivity contribution is 0.620. The molecule has 3 aromatic heterocycles. The van der Waals surface area contributed by atoms with E-state index in [0.717, 1.165) is 49.6 Å². The molecule has 0 radical (unpaired) electrons. The van der Waals surface area contributed by atoms with Crippen LogP contribution in [-0.2, 0) is 5.41 Å². The SMILES string of the molecule is CC1(C)c2ccccc2-c2cc3c4cc5oc(-c6ccccc6)nc5cc4n(-c4nc(-c5ccccc5)nc(-c5ccccc5)n4)c3cc21. The van der Waals surface area contributed by atoms with E-state index in [9.17, 15) is 0 Å². The second-order valence-corrected chi connectivity index (χ2v) is 13.2. The van der Waals surface area contributed by atoms with E-state index in [-0.39, 0.29) is 5.41 Å². The topological polar surface area (TPSA) is 69.6 Å². The van der Waals surface area contributed by atoms with Crippen molar-refractivity contribution in [2.75, 3.05) is 0 Å². The first-order valence-electron chi connectivity index (χ1n) is 16.5. The maximum Gasteiger partial charge on any atom is 0.238 e. The highest BCUT2D eigenvalue weighted by Crippen LogP contribution is 2.51. The summed E-state index contributed by atoms with van der Waals surface area (Å²) in [6.45, 7) is 4.62. The molecule has 0 saturated heterocycles. The fraction of sp³-hybridized carbons (Fsp3) is 0.0698. The molecule has 0 N–H and O–H groups in total. The summed E-state index contributed by atoms with van der Waals surface area (Å²) in [5, 5.41) is 2.15. The molecule has 0 bridgehead atoms. The molecule has 49 heavy (non-hydrogen) atoms. The maximum absolute atomic E-state index is 6.40. The standard InChI is InChI=1S/C43H29N5O/c1-43(2)33-21-13-12-20-29(33)30-22-31-32-23-38-35(44-41(49-38)28-18-10-5-11-19-28)25-37(32)48(36(31)24-34(30)43)42-46-39(26-14-6-3-7-15-26)45-40(47-42)27-16-8-4-9-17-27/h3-25H,1-2H3. The van der Waals surface area contributed by atoms with Crippen molar-refractivity contribution in [1.82, 2.24) is 24.5 Å². The van der Waals surface area contributed by atoms with Gasteiger partial charge < -0.3 is 4.42 Å². The maximum atomic E-state index is 6.40. The van der Waals surface area contributed by atoms with Crippen molar-refractivity contribution in [3.05, 3.63) is 151 Å². The zero-order valence-electron chi connectivity index (χ0n) is 26.9. The van der Waals surface area contributed by atoms with Gasteiger partial charge >= 0.3 is 0 Å². The van der Waals surface area contributed by atoms with Crippen LogP contribution in [0.1, 0.15) is 25.0 Å². The number of hydrogen-bond acceptors (Lipinski definition) is 5. The van der Waals surface area contributed by atoms with Gasteiger partial charge in [0.2, 0.25) is 11.8 Å². The van der Waals surface area contributed by atoms with Gasteiger partial charge in [0.15, 0.2) is 17.2 Å². The van der Waals surface area contributed by atoms with Gasteiger partial charge in [-0.1, -0.05) is 117 Å². The predicted octanol–water partition coefficient (Wildman–Crippen LogP) is 10.4. The molecule has 1 aliphatic rings. The average Bonchev–Trinajstić information content (AvgIpc) is 3.78. The van der Waals surface area contributed by atoms with Crippen LogP contribution in [-0.4, -0.2) is 24.5 Å². The smallest absolute Gasteiger partial charge is 0.238 e. The molecule has 0 aliphatic heterocycles. The minimum Gasteiger partial charge on any atom is -0.436 e. The molecular weight excluding hydrogens is 603 g/mol. The van der Waals surface area contributed by atoms with Gasteiger partial charge in [-0.05, 0) is 58.7 Å². The van der Waals surface area contributed by atoms with Crippen LogP contribution in [0.3, 0.4) is 0 Å². The van der Waals surface area contributed by atoms with Crippen LogP contribution >= 0.6 is 0 Å². The summed E-state index contributed by atoms with van der Waals surface area (Å²) in [7, 11) is 0. The molecule has 9 aromatic rings. The molecule has 0 amide bonds. The first-order chi connectivity index (χ1) is 24.0. The summed E-state index contributed by atoms with van der Waals surface area (Å²) < 4.78 is 8.58. The van der Waals surface area contributed by atoms with E-state index >= 15 is 0 Å². The Balaban J connectivity index is 1.31. The van der Waals surface area contributed by atoms with Crippen LogP contribution in [0.4, 0.5) is 0 Å². The Bertz CT molecular complexity index is 2670. The third-order valence-corrected chi connectivity index (χ3v) is 9.89. The van der Waals surface area contributed by atoms with Crippen molar-refractivity contribution in [3.63, 3.8) is 0 Å². The molecule has 1 aliphatic carbocycles.